The number of para-hydroxylation sites is 2. The normalized spacial score (nSPS) is 27.1. The van der Waals surface area contributed by atoms with E-state index in [9.17, 15) is 0 Å². The number of benzene rings is 5. The van der Waals surface area contributed by atoms with Crippen LogP contribution in [0.4, 0.5) is 0 Å². The third-order valence-corrected chi connectivity index (χ3v) is 11.6. The van der Waals surface area contributed by atoms with Gasteiger partial charge in [-0.25, -0.2) is 0 Å². The van der Waals surface area contributed by atoms with Crippen molar-refractivity contribution < 1.29 is 0 Å². The van der Waals surface area contributed by atoms with E-state index in [1.54, 1.807) is 11.1 Å². The van der Waals surface area contributed by atoms with Crippen LogP contribution in [-0.2, 0) is 5.41 Å². The molecule has 1 spiro atoms. The second-order valence-corrected chi connectivity index (χ2v) is 13.4. The third kappa shape index (κ3) is 2.87. The van der Waals surface area contributed by atoms with Gasteiger partial charge >= 0.3 is 0 Å². The van der Waals surface area contributed by atoms with Crippen LogP contribution in [-0.4, -0.2) is 4.57 Å². The molecular weight excluding hydrogens is 494 g/mol. The van der Waals surface area contributed by atoms with Crippen LogP contribution in [0, 0.1) is 23.7 Å². The average Bonchev–Trinajstić information content (AvgIpc) is 3.50. The van der Waals surface area contributed by atoms with Crippen LogP contribution >= 0.6 is 0 Å². The van der Waals surface area contributed by atoms with Crippen LogP contribution in [0.1, 0.15) is 43.2 Å². The van der Waals surface area contributed by atoms with E-state index in [0.29, 0.717) is 0 Å². The van der Waals surface area contributed by atoms with E-state index in [0.717, 1.165) is 23.7 Å². The lowest BCUT2D eigenvalue weighted by molar-refractivity contribution is -0.0399. The smallest absolute Gasteiger partial charge is 0.0547 e. The van der Waals surface area contributed by atoms with Crippen molar-refractivity contribution in [1.82, 2.24) is 4.57 Å². The Kier molecular flexibility index (Phi) is 4.41. The number of nitrogens with zero attached hydrogens (tertiary/aromatic N) is 1. The van der Waals surface area contributed by atoms with E-state index in [2.05, 4.69) is 120 Å². The van der Waals surface area contributed by atoms with Gasteiger partial charge in [0.15, 0.2) is 0 Å². The van der Waals surface area contributed by atoms with Crippen LogP contribution in [0.5, 0.6) is 0 Å². The fraction of sp³-hybridized carbons (Fsp3) is 0.250. The number of hydrogen-bond donors (Lipinski definition) is 0. The minimum atomic E-state index is 0.207. The molecule has 4 saturated carbocycles. The molecule has 1 heteroatoms. The molecule has 4 fully saturated rings. The van der Waals surface area contributed by atoms with Crippen molar-refractivity contribution in [2.45, 2.75) is 37.5 Å². The van der Waals surface area contributed by atoms with Gasteiger partial charge in [0.05, 0.1) is 11.0 Å². The van der Waals surface area contributed by atoms with Crippen molar-refractivity contribution in [3.63, 3.8) is 0 Å². The summed E-state index contributed by atoms with van der Waals surface area (Å²) in [5.41, 5.74) is 12.9. The first-order valence-corrected chi connectivity index (χ1v) is 15.6. The van der Waals surface area contributed by atoms with Gasteiger partial charge in [0.2, 0.25) is 0 Å². The van der Waals surface area contributed by atoms with E-state index >= 15 is 0 Å². The lowest BCUT2D eigenvalue weighted by atomic mass is 9.43. The van der Waals surface area contributed by atoms with Gasteiger partial charge in [-0.05, 0) is 119 Å². The third-order valence-electron chi connectivity index (χ3n) is 11.6. The minimum absolute atomic E-state index is 0.207. The Morgan fingerprint density at radius 2 is 1.12 bits per heavy atom. The molecule has 1 heterocycles. The molecule has 41 heavy (non-hydrogen) atoms. The summed E-state index contributed by atoms with van der Waals surface area (Å²) < 4.78 is 2.44. The van der Waals surface area contributed by atoms with Crippen LogP contribution in [0.25, 0.3) is 49.7 Å². The van der Waals surface area contributed by atoms with Gasteiger partial charge in [-0.2, -0.15) is 0 Å². The highest BCUT2D eigenvalue weighted by atomic mass is 15.0. The van der Waals surface area contributed by atoms with Gasteiger partial charge in [-0.3, -0.25) is 0 Å². The van der Waals surface area contributed by atoms with Gasteiger partial charge in [0, 0.05) is 21.9 Å². The summed E-state index contributed by atoms with van der Waals surface area (Å²) in [5.74, 6) is 3.51. The Labute approximate surface area is 241 Å². The molecule has 0 aliphatic heterocycles. The maximum absolute atomic E-state index is 2.62. The molecule has 5 aliphatic carbocycles. The molecular formula is C40H33N. The molecule has 0 N–H and O–H groups in total. The van der Waals surface area contributed by atoms with Crippen molar-refractivity contribution in [2.24, 2.45) is 23.7 Å². The molecule has 198 valence electrons. The van der Waals surface area contributed by atoms with Gasteiger partial charge in [-0.1, -0.05) is 84.9 Å². The molecule has 5 aromatic carbocycles. The van der Waals surface area contributed by atoms with E-state index in [4.69, 9.17) is 0 Å². The molecule has 0 radical (unpaired) electrons. The number of hydrogen-bond acceptors (Lipinski definition) is 0. The van der Waals surface area contributed by atoms with Gasteiger partial charge < -0.3 is 4.57 Å². The van der Waals surface area contributed by atoms with Crippen molar-refractivity contribution in [2.75, 3.05) is 0 Å². The van der Waals surface area contributed by atoms with Crippen LogP contribution < -0.4 is 0 Å². The zero-order valence-electron chi connectivity index (χ0n) is 23.3. The molecule has 0 unspecified atom stereocenters. The van der Waals surface area contributed by atoms with Gasteiger partial charge in [0.1, 0.15) is 0 Å². The molecule has 5 aliphatic rings. The highest BCUT2D eigenvalue weighted by Gasteiger charge is 2.61. The molecule has 0 amide bonds. The molecule has 4 bridgehead atoms. The number of fused-ring (bicyclic) bond motifs is 6. The van der Waals surface area contributed by atoms with E-state index in [-0.39, 0.29) is 5.41 Å². The summed E-state index contributed by atoms with van der Waals surface area (Å²) in [6.07, 6.45) is 7.19. The van der Waals surface area contributed by atoms with Crippen molar-refractivity contribution in [3.8, 4) is 27.9 Å². The molecule has 0 atom stereocenters. The quantitative estimate of drug-likeness (QED) is 0.211. The Morgan fingerprint density at radius 3 is 1.95 bits per heavy atom. The summed E-state index contributed by atoms with van der Waals surface area (Å²) in [6.45, 7) is 0. The maximum atomic E-state index is 2.62. The van der Waals surface area contributed by atoms with E-state index in [1.165, 1.54) is 81.9 Å². The monoisotopic (exact) mass is 527 g/mol. The number of aromatic nitrogens is 1. The van der Waals surface area contributed by atoms with E-state index < -0.39 is 0 Å². The molecule has 1 nitrogen and oxygen atoms in total. The fourth-order valence-corrected chi connectivity index (χ4v) is 10.3. The van der Waals surface area contributed by atoms with Crippen molar-refractivity contribution >= 4 is 21.8 Å². The van der Waals surface area contributed by atoms with Crippen LogP contribution in [0.15, 0.2) is 115 Å². The molecule has 6 aromatic rings. The van der Waals surface area contributed by atoms with E-state index in [1.807, 2.05) is 0 Å². The fourth-order valence-electron chi connectivity index (χ4n) is 10.3. The SMILES string of the molecule is c1ccc(-n2c3ccccc3c3ccc(-c4ccc5c(c4)C4(c6ccccc6-5)C5CC6CC(C5)CC4C6)cc32)cc1. The molecule has 1 aromatic heterocycles. The van der Waals surface area contributed by atoms with Crippen LogP contribution in [0.2, 0.25) is 0 Å². The highest BCUT2D eigenvalue weighted by Crippen LogP contribution is 2.69. The minimum Gasteiger partial charge on any atom is -0.309 e. The van der Waals surface area contributed by atoms with Crippen LogP contribution in [0.3, 0.4) is 0 Å². The largest absolute Gasteiger partial charge is 0.309 e. The second-order valence-electron chi connectivity index (χ2n) is 13.4. The van der Waals surface area contributed by atoms with Gasteiger partial charge in [0.25, 0.3) is 0 Å². The topological polar surface area (TPSA) is 4.93 Å². The molecule has 11 rings (SSSR count). The first-order chi connectivity index (χ1) is 20.3. The van der Waals surface area contributed by atoms with Crippen molar-refractivity contribution in [3.05, 3.63) is 126 Å². The Bertz CT molecular complexity index is 1980. The predicted octanol–water partition coefficient (Wildman–Crippen LogP) is 10.2. The first-order valence-electron chi connectivity index (χ1n) is 15.6. The summed E-state index contributed by atoms with van der Waals surface area (Å²) in [5, 5.41) is 2.63. The first kappa shape index (κ1) is 22.6. The summed E-state index contributed by atoms with van der Waals surface area (Å²) in [6, 6.07) is 43.7. The average molecular weight is 528 g/mol. The zero-order chi connectivity index (χ0) is 26.7. The summed E-state index contributed by atoms with van der Waals surface area (Å²) in [7, 11) is 0. The Morgan fingerprint density at radius 1 is 0.488 bits per heavy atom. The number of rotatable bonds is 2. The zero-order valence-corrected chi connectivity index (χ0v) is 23.3. The lowest BCUT2D eigenvalue weighted by Crippen LogP contribution is -2.55. The predicted molar refractivity (Wildman–Crippen MR) is 169 cm³/mol. The van der Waals surface area contributed by atoms with Gasteiger partial charge in [-0.15, -0.1) is 0 Å². The second kappa shape index (κ2) is 8.01. The maximum Gasteiger partial charge on any atom is 0.0547 e. The highest BCUT2D eigenvalue weighted by molar-refractivity contribution is 6.10. The Hall–Kier alpha value is -4.10. The Balaban J connectivity index is 1.20. The van der Waals surface area contributed by atoms with Crippen molar-refractivity contribution in [1.29, 1.82) is 0 Å². The molecule has 0 saturated heterocycles. The standard InChI is InChI=1S/C40H33N/c1-2-8-31(9-3-1)41-38-13-7-5-11-34(38)35-17-15-28(24-39(35)41)27-14-16-33-32-10-4-6-12-36(32)40(37(33)23-27)29-19-25-18-26(21-29)22-30(40)20-25/h1-17,23-26,29-30H,18-22H2. The lowest BCUT2D eigenvalue weighted by Gasteiger charge is -2.61. The summed E-state index contributed by atoms with van der Waals surface area (Å²) >= 11 is 0. The summed E-state index contributed by atoms with van der Waals surface area (Å²) in [4.78, 5) is 0.